The number of amides is 1. The van der Waals surface area contributed by atoms with E-state index in [1.165, 1.54) is 0 Å². The molecule has 1 aliphatic heterocycles. The zero-order valence-electron chi connectivity index (χ0n) is 14.9. The lowest BCUT2D eigenvalue weighted by Gasteiger charge is -2.23. The number of hydrogen-bond donors (Lipinski definition) is 2. The number of nitrogens with zero attached hydrogens (tertiary/aromatic N) is 3. The molecule has 1 saturated heterocycles. The fourth-order valence-electron chi connectivity index (χ4n) is 3.50. The number of nitrogens with one attached hydrogen (secondary N) is 1. The molecular formula is C18H26N4O3. The van der Waals surface area contributed by atoms with Gasteiger partial charge in [0.05, 0.1) is 37.7 Å². The number of aryl methyl sites for hydroxylation is 1. The molecule has 1 aliphatic rings. The van der Waals surface area contributed by atoms with Crippen molar-refractivity contribution in [1.82, 2.24) is 20.0 Å². The van der Waals surface area contributed by atoms with E-state index < -0.39 is 0 Å². The van der Waals surface area contributed by atoms with Gasteiger partial charge in [-0.1, -0.05) is 0 Å². The Bertz CT molecular complexity index is 708. The van der Waals surface area contributed by atoms with Gasteiger partial charge in [0.2, 0.25) is 5.91 Å². The van der Waals surface area contributed by atoms with Gasteiger partial charge in [-0.15, -0.1) is 0 Å². The summed E-state index contributed by atoms with van der Waals surface area (Å²) in [6.45, 7) is 6.61. The Kier molecular flexibility index (Phi) is 5.55. The molecule has 7 nitrogen and oxygen atoms in total. The van der Waals surface area contributed by atoms with Gasteiger partial charge in [0, 0.05) is 17.8 Å². The molecule has 0 aliphatic carbocycles. The van der Waals surface area contributed by atoms with E-state index in [4.69, 9.17) is 9.52 Å². The average molecular weight is 346 g/mol. The van der Waals surface area contributed by atoms with E-state index in [0.29, 0.717) is 19.6 Å². The van der Waals surface area contributed by atoms with Crippen LogP contribution in [-0.2, 0) is 24.4 Å². The van der Waals surface area contributed by atoms with E-state index in [2.05, 4.69) is 15.3 Å². The van der Waals surface area contributed by atoms with Gasteiger partial charge >= 0.3 is 0 Å². The molecule has 3 rings (SSSR count). The first kappa shape index (κ1) is 17.7. The Labute approximate surface area is 147 Å². The summed E-state index contributed by atoms with van der Waals surface area (Å²) in [5.41, 5.74) is 3.18. The largest absolute Gasteiger partial charge is 0.467 e. The first-order chi connectivity index (χ1) is 12.1. The molecule has 1 fully saturated rings. The van der Waals surface area contributed by atoms with Crippen LogP contribution in [0.25, 0.3) is 0 Å². The van der Waals surface area contributed by atoms with Crippen LogP contribution in [0.1, 0.15) is 35.6 Å². The van der Waals surface area contributed by atoms with Crippen molar-refractivity contribution < 1.29 is 14.3 Å². The van der Waals surface area contributed by atoms with E-state index >= 15 is 0 Å². The predicted octanol–water partition coefficient (Wildman–Crippen LogP) is 1.37. The Balaban J connectivity index is 1.64. The van der Waals surface area contributed by atoms with Gasteiger partial charge in [0.1, 0.15) is 5.76 Å². The molecule has 1 unspecified atom stereocenters. The zero-order chi connectivity index (χ0) is 17.8. The number of hydrogen-bond acceptors (Lipinski definition) is 5. The summed E-state index contributed by atoms with van der Waals surface area (Å²) in [5.74, 6) is 0.807. The second kappa shape index (κ2) is 7.84. The van der Waals surface area contributed by atoms with Crippen LogP contribution in [-0.4, -0.2) is 44.9 Å². The predicted molar refractivity (Wildman–Crippen MR) is 92.8 cm³/mol. The van der Waals surface area contributed by atoms with Gasteiger partial charge < -0.3 is 14.8 Å². The van der Waals surface area contributed by atoms with Gasteiger partial charge in [-0.2, -0.15) is 5.10 Å². The first-order valence-corrected chi connectivity index (χ1v) is 8.78. The van der Waals surface area contributed by atoms with Crippen LogP contribution in [0, 0.1) is 13.8 Å². The Morgan fingerprint density at radius 2 is 2.32 bits per heavy atom. The highest BCUT2D eigenvalue weighted by Crippen LogP contribution is 2.23. The summed E-state index contributed by atoms with van der Waals surface area (Å²) < 4.78 is 7.11. The second-order valence-electron chi connectivity index (χ2n) is 6.52. The number of aliphatic hydroxyl groups excluding tert-OH is 1. The van der Waals surface area contributed by atoms with Gasteiger partial charge in [-0.25, -0.2) is 0 Å². The van der Waals surface area contributed by atoms with Crippen molar-refractivity contribution in [3.63, 3.8) is 0 Å². The lowest BCUT2D eigenvalue weighted by atomic mass is 10.1. The highest BCUT2D eigenvalue weighted by molar-refractivity contribution is 5.82. The fraction of sp³-hybridized carbons (Fsp3) is 0.556. The molecule has 0 bridgehead atoms. The van der Waals surface area contributed by atoms with E-state index in [1.54, 1.807) is 6.26 Å². The maximum absolute atomic E-state index is 12.6. The molecule has 2 aromatic heterocycles. The summed E-state index contributed by atoms with van der Waals surface area (Å²) in [4.78, 5) is 14.8. The van der Waals surface area contributed by atoms with Crippen molar-refractivity contribution in [2.24, 2.45) is 0 Å². The van der Waals surface area contributed by atoms with E-state index in [1.807, 2.05) is 30.7 Å². The highest BCUT2D eigenvalue weighted by atomic mass is 16.3. The third kappa shape index (κ3) is 3.93. The van der Waals surface area contributed by atoms with Gasteiger partial charge in [0.15, 0.2) is 0 Å². The molecule has 0 saturated carbocycles. The molecule has 0 aromatic carbocycles. The van der Waals surface area contributed by atoms with E-state index in [9.17, 15) is 4.79 Å². The smallest absolute Gasteiger partial charge is 0.237 e. The van der Waals surface area contributed by atoms with E-state index in [-0.39, 0.29) is 18.6 Å². The standard InChI is InChI=1S/C18H26N4O3/c1-13-16(14(2)22(20-13)8-9-23)12-21-7-3-6-17(21)18(24)19-11-15-5-4-10-25-15/h4-5,10,17,23H,3,6-9,11-12H2,1-2H3,(H,19,24). The molecule has 3 heterocycles. The maximum Gasteiger partial charge on any atom is 0.237 e. The number of carbonyl (C=O) groups is 1. The average Bonchev–Trinajstić information content (AvgIpc) is 3.32. The summed E-state index contributed by atoms with van der Waals surface area (Å²) in [6, 6.07) is 3.56. The Hall–Kier alpha value is -2.12. The fourth-order valence-corrected chi connectivity index (χ4v) is 3.50. The molecule has 2 aromatic rings. The van der Waals surface area contributed by atoms with Gasteiger partial charge in [-0.05, 0) is 45.4 Å². The first-order valence-electron chi connectivity index (χ1n) is 8.78. The molecule has 1 amide bonds. The molecular weight excluding hydrogens is 320 g/mol. The summed E-state index contributed by atoms with van der Waals surface area (Å²) in [6.07, 6.45) is 3.49. The third-order valence-electron chi connectivity index (χ3n) is 4.89. The number of furan rings is 1. The lowest BCUT2D eigenvalue weighted by molar-refractivity contribution is -0.125. The molecule has 0 radical (unpaired) electrons. The number of aliphatic hydroxyl groups is 1. The molecule has 25 heavy (non-hydrogen) atoms. The number of carbonyl (C=O) groups excluding carboxylic acids is 1. The van der Waals surface area contributed by atoms with Crippen molar-refractivity contribution in [1.29, 1.82) is 0 Å². The number of aromatic nitrogens is 2. The molecule has 1 atom stereocenters. The minimum Gasteiger partial charge on any atom is -0.467 e. The summed E-state index contributed by atoms with van der Waals surface area (Å²) >= 11 is 0. The summed E-state index contributed by atoms with van der Waals surface area (Å²) in [7, 11) is 0. The molecule has 7 heteroatoms. The Morgan fingerprint density at radius 3 is 3.04 bits per heavy atom. The summed E-state index contributed by atoms with van der Waals surface area (Å²) in [5, 5.41) is 16.6. The SMILES string of the molecule is Cc1nn(CCO)c(C)c1CN1CCCC1C(=O)NCc1ccco1. The van der Waals surface area contributed by atoms with Crippen LogP contribution < -0.4 is 5.32 Å². The van der Waals surface area contributed by atoms with Crippen molar-refractivity contribution in [3.8, 4) is 0 Å². The van der Waals surface area contributed by atoms with Crippen molar-refractivity contribution in [3.05, 3.63) is 41.1 Å². The topological polar surface area (TPSA) is 83.5 Å². The lowest BCUT2D eigenvalue weighted by Crippen LogP contribution is -2.42. The number of rotatable bonds is 7. The van der Waals surface area contributed by atoms with Crippen molar-refractivity contribution >= 4 is 5.91 Å². The van der Waals surface area contributed by atoms with Crippen LogP contribution in [0.5, 0.6) is 0 Å². The zero-order valence-corrected chi connectivity index (χ0v) is 14.9. The number of likely N-dealkylation sites (tertiary alicyclic amines) is 1. The van der Waals surface area contributed by atoms with Crippen LogP contribution in [0.15, 0.2) is 22.8 Å². The third-order valence-corrected chi connectivity index (χ3v) is 4.89. The normalized spacial score (nSPS) is 18.0. The highest BCUT2D eigenvalue weighted by Gasteiger charge is 2.31. The van der Waals surface area contributed by atoms with Crippen LogP contribution in [0.3, 0.4) is 0 Å². The quantitative estimate of drug-likeness (QED) is 0.791. The van der Waals surface area contributed by atoms with Crippen LogP contribution in [0.4, 0.5) is 0 Å². The monoisotopic (exact) mass is 346 g/mol. The molecule has 136 valence electrons. The van der Waals surface area contributed by atoms with Crippen molar-refractivity contribution in [2.75, 3.05) is 13.2 Å². The van der Waals surface area contributed by atoms with Gasteiger partial charge in [0.25, 0.3) is 0 Å². The minimum atomic E-state index is -0.116. The van der Waals surface area contributed by atoms with Crippen LogP contribution in [0.2, 0.25) is 0 Å². The van der Waals surface area contributed by atoms with E-state index in [0.717, 1.165) is 42.1 Å². The molecule has 0 spiro atoms. The maximum atomic E-state index is 12.6. The van der Waals surface area contributed by atoms with Gasteiger partial charge in [-0.3, -0.25) is 14.4 Å². The Morgan fingerprint density at radius 1 is 1.48 bits per heavy atom. The van der Waals surface area contributed by atoms with Crippen molar-refractivity contribution in [2.45, 2.75) is 52.4 Å². The minimum absolute atomic E-state index is 0.0481. The molecule has 2 N–H and O–H groups in total. The second-order valence-corrected chi connectivity index (χ2v) is 6.52. The van der Waals surface area contributed by atoms with Crippen LogP contribution >= 0.6 is 0 Å².